The Labute approximate surface area is 226 Å². The molecule has 0 radical (unpaired) electrons. The predicted molar refractivity (Wildman–Crippen MR) is 150 cm³/mol. The van der Waals surface area contributed by atoms with Gasteiger partial charge >= 0.3 is 11.9 Å². The first-order valence-corrected chi connectivity index (χ1v) is 14.9. The van der Waals surface area contributed by atoms with Crippen LogP contribution >= 0.6 is 0 Å². The highest BCUT2D eigenvalue weighted by atomic mass is 16.5. The van der Waals surface area contributed by atoms with Crippen LogP contribution in [0.1, 0.15) is 105 Å². The molecule has 8 heteroatoms. The summed E-state index contributed by atoms with van der Waals surface area (Å²) in [6, 6.07) is 0. The van der Waals surface area contributed by atoms with Gasteiger partial charge in [0.05, 0.1) is 0 Å². The number of piperazine rings is 1. The van der Waals surface area contributed by atoms with Crippen LogP contribution in [0.5, 0.6) is 0 Å². The molecule has 3 aliphatic rings. The Balaban J connectivity index is 0.000000364. The van der Waals surface area contributed by atoms with Gasteiger partial charge in [-0.1, -0.05) is 25.7 Å². The van der Waals surface area contributed by atoms with Crippen LogP contribution in [0, 0.1) is 0 Å². The van der Waals surface area contributed by atoms with Gasteiger partial charge in [-0.15, -0.1) is 0 Å². The monoisotopic (exact) mass is 524 g/mol. The molecule has 3 heterocycles. The minimum Gasteiger partial charge on any atom is -0.462 e. The molecule has 3 aliphatic heterocycles. The molecule has 0 spiro atoms. The smallest absolute Gasteiger partial charge is 0.306 e. The normalized spacial score (nSPS) is 22.5. The second-order valence-electron chi connectivity index (χ2n) is 12.0. The molecule has 0 aromatic heterocycles. The van der Waals surface area contributed by atoms with E-state index in [9.17, 15) is 9.59 Å². The summed E-state index contributed by atoms with van der Waals surface area (Å²) in [5, 5.41) is 10.1. The van der Waals surface area contributed by atoms with Crippen LogP contribution in [-0.2, 0) is 19.1 Å². The van der Waals surface area contributed by atoms with Crippen LogP contribution in [0.15, 0.2) is 0 Å². The van der Waals surface area contributed by atoms with Crippen molar-refractivity contribution in [1.29, 1.82) is 0 Å². The largest absolute Gasteiger partial charge is 0.462 e. The quantitative estimate of drug-likeness (QED) is 0.278. The van der Waals surface area contributed by atoms with Crippen molar-refractivity contribution in [3.63, 3.8) is 0 Å². The Morgan fingerprint density at radius 2 is 1.11 bits per heavy atom. The molecule has 3 fully saturated rings. The fourth-order valence-electron chi connectivity index (χ4n) is 5.07. The van der Waals surface area contributed by atoms with E-state index in [0.29, 0.717) is 12.8 Å². The second-order valence-corrected chi connectivity index (χ2v) is 12.0. The molecular weight excluding hydrogens is 468 g/mol. The van der Waals surface area contributed by atoms with Crippen molar-refractivity contribution >= 4 is 11.9 Å². The number of nitrogens with one attached hydrogen (secondary N) is 3. The highest BCUT2D eigenvalue weighted by molar-refractivity contribution is 5.69. The van der Waals surface area contributed by atoms with Crippen LogP contribution < -0.4 is 16.0 Å². The van der Waals surface area contributed by atoms with Crippen molar-refractivity contribution in [2.45, 2.75) is 128 Å². The van der Waals surface area contributed by atoms with Crippen LogP contribution in [0.2, 0.25) is 0 Å². The number of esters is 2. The van der Waals surface area contributed by atoms with E-state index in [0.717, 1.165) is 103 Å². The fourth-order valence-corrected chi connectivity index (χ4v) is 5.07. The van der Waals surface area contributed by atoms with Gasteiger partial charge in [0.25, 0.3) is 0 Å². The van der Waals surface area contributed by atoms with Gasteiger partial charge in [0.1, 0.15) is 12.2 Å². The van der Waals surface area contributed by atoms with E-state index in [1.54, 1.807) is 0 Å². The van der Waals surface area contributed by atoms with Crippen molar-refractivity contribution in [2.75, 3.05) is 46.3 Å². The SMILES string of the molecule is CN1CCNC(C)(C)C1(C)C.O=C(CCCCCCCCC(=O)OC1CCNCC1)OC1CCNCC1. The summed E-state index contributed by atoms with van der Waals surface area (Å²) >= 11 is 0. The van der Waals surface area contributed by atoms with Gasteiger partial charge in [-0.05, 0) is 99.4 Å². The van der Waals surface area contributed by atoms with Gasteiger partial charge in [0.2, 0.25) is 0 Å². The lowest BCUT2D eigenvalue weighted by molar-refractivity contribution is -0.151. The molecule has 3 saturated heterocycles. The third-order valence-electron chi connectivity index (χ3n) is 8.68. The number of nitrogens with zero attached hydrogens (tertiary/aromatic N) is 1. The molecule has 8 nitrogen and oxygen atoms in total. The third-order valence-corrected chi connectivity index (χ3v) is 8.68. The molecule has 3 N–H and O–H groups in total. The lowest BCUT2D eigenvalue weighted by Gasteiger charge is -2.52. The standard InChI is InChI=1S/C20H36N2O4.C9H20N2/c23-19(25-17-9-13-21-14-10-17)7-5-3-1-2-4-6-8-20(24)26-18-11-15-22-16-12-18;1-8(2)9(3,4)11(5)7-6-10-8/h17-18,21-22H,1-16H2;10H,6-7H2,1-5H3. The van der Waals surface area contributed by atoms with Gasteiger partial charge in [-0.3, -0.25) is 14.5 Å². The summed E-state index contributed by atoms with van der Waals surface area (Å²) in [5.74, 6) is -0.0879. The molecule has 0 aromatic rings. The van der Waals surface area contributed by atoms with E-state index in [-0.39, 0.29) is 35.2 Å². The Kier molecular flexibility index (Phi) is 14.4. The molecule has 0 amide bonds. The van der Waals surface area contributed by atoms with Crippen molar-refractivity contribution in [3.8, 4) is 0 Å². The second kappa shape index (κ2) is 16.7. The summed E-state index contributed by atoms with van der Waals surface area (Å²) < 4.78 is 11.0. The number of likely N-dealkylation sites (N-methyl/N-ethyl adjacent to an activating group) is 1. The Hall–Kier alpha value is -1.22. The molecule has 0 unspecified atom stereocenters. The average molecular weight is 525 g/mol. The van der Waals surface area contributed by atoms with Crippen LogP contribution in [-0.4, -0.2) is 86.4 Å². The Morgan fingerprint density at radius 3 is 1.49 bits per heavy atom. The van der Waals surface area contributed by atoms with Gasteiger partial charge in [-0.2, -0.15) is 0 Å². The van der Waals surface area contributed by atoms with E-state index in [1.165, 1.54) is 0 Å². The Bertz CT molecular complexity index is 620. The molecule has 0 saturated carbocycles. The van der Waals surface area contributed by atoms with E-state index < -0.39 is 0 Å². The summed E-state index contributed by atoms with van der Waals surface area (Å²) in [5.41, 5.74) is 0.477. The number of carbonyl (C=O) groups excluding carboxylic acids is 2. The lowest BCUT2D eigenvalue weighted by Crippen LogP contribution is -2.68. The number of ether oxygens (including phenoxy) is 2. The zero-order valence-corrected chi connectivity index (χ0v) is 24.5. The number of unbranched alkanes of at least 4 members (excludes halogenated alkanes) is 5. The number of rotatable bonds is 11. The maximum absolute atomic E-state index is 11.8. The summed E-state index contributed by atoms with van der Waals surface area (Å²) in [4.78, 5) is 26.0. The minimum atomic E-state index is -0.0439. The summed E-state index contributed by atoms with van der Waals surface area (Å²) in [6.07, 6.45) is 11.2. The fraction of sp³-hybridized carbons (Fsp3) is 0.931. The zero-order chi connectivity index (χ0) is 27.2. The molecule has 0 aromatic carbocycles. The topological polar surface area (TPSA) is 91.9 Å². The van der Waals surface area contributed by atoms with Gasteiger partial charge in [-0.25, -0.2) is 0 Å². The van der Waals surface area contributed by atoms with Crippen molar-refractivity contribution < 1.29 is 19.1 Å². The van der Waals surface area contributed by atoms with E-state index in [2.05, 4.69) is 55.6 Å². The minimum absolute atomic E-state index is 0.0439. The molecule has 37 heavy (non-hydrogen) atoms. The van der Waals surface area contributed by atoms with E-state index in [4.69, 9.17) is 9.47 Å². The first-order chi connectivity index (χ1) is 17.6. The lowest BCUT2D eigenvalue weighted by atomic mass is 9.79. The van der Waals surface area contributed by atoms with Crippen LogP contribution in [0.4, 0.5) is 0 Å². The summed E-state index contributed by atoms with van der Waals surface area (Å²) in [7, 11) is 2.20. The van der Waals surface area contributed by atoms with Crippen LogP contribution in [0.3, 0.4) is 0 Å². The number of carbonyl (C=O) groups is 2. The van der Waals surface area contributed by atoms with Crippen molar-refractivity contribution in [2.24, 2.45) is 0 Å². The first kappa shape index (κ1) is 32.0. The molecule has 3 rings (SSSR count). The Morgan fingerprint density at radius 1 is 0.703 bits per heavy atom. The highest BCUT2D eigenvalue weighted by Crippen LogP contribution is 2.29. The average Bonchev–Trinajstić information content (AvgIpc) is 2.86. The van der Waals surface area contributed by atoms with Gasteiger partial charge in [0.15, 0.2) is 0 Å². The number of hydrogen-bond donors (Lipinski definition) is 3. The zero-order valence-electron chi connectivity index (χ0n) is 24.5. The van der Waals surface area contributed by atoms with E-state index >= 15 is 0 Å². The molecular formula is C29H56N4O4. The van der Waals surface area contributed by atoms with E-state index in [1.807, 2.05) is 0 Å². The van der Waals surface area contributed by atoms with Gasteiger partial charge < -0.3 is 25.4 Å². The first-order valence-electron chi connectivity index (χ1n) is 14.9. The molecule has 0 bridgehead atoms. The molecule has 216 valence electrons. The number of piperidine rings is 2. The summed E-state index contributed by atoms with van der Waals surface area (Å²) in [6.45, 7) is 15.2. The van der Waals surface area contributed by atoms with Gasteiger partial charge in [0, 0.05) is 37.0 Å². The maximum Gasteiger partial charge on any atom is 0.306 e. The van der Waals surface area contributed by atoms with Crippen LogP contribution in [0.25, 0.3) is 0 Å². The predicted octanol–water partition coefficient (Wildman–Crippen LogP) is 3.78. The maximum atomic E-state index is 11.8. The van der Waals surface area contributed by atoms with Crippen molar-refractivity contribution in [3.05, 3.63) is 0 Å². The third kappa shape index (κ3) is 12.0. The molecule has 0 atom stereocenters. The molecule has 0 aliphatic carbocycles. The number of hydrogen-bond acceptors (Lipinski definition) is 8. The highest BCUT2D eigenvalue weighted by Gasteiger charge is 2.42. The van der Waals surface area contributed by atoms with Crippen molar-refractivity contribution in [1.82, 2.24) is 20.9 Å².